The van der Waals surface area contributed by atoms with E-state index in [1.807, 2.05) is 6.92 Å². The molecular weight excluding hydrogens is 320 g/mol. The van der Waals surface area contributed by atoms with Crippen LogP contribution in [0, 0.1) is 5.92 Å². The Hall–Kier alpha value is -0.530. The number of unbranched alkanes of at least 4 members (excludes halogenated alkanes) is 18. The van der Waals surface area contributed by atoms with E-state index in [-0.39, 0.29) is 5.92 Å². The predicted octanol–water partition coefficient (Wildman–Crippen LogP) is 8.53. The fraction of sp³-hybridized carbons (Fsp3) is 0.958. The van der Waals surface area contributed by atoms with Gasteiger partial charge in [0, 0.05) is 0 Å². The summed E-state index contributed by atoms with van der Waals surface area (Å²) < 4.78 is 0. The van der Waals surface area contributed by atoms with Gasteiger partial charge in [-0.2, -0.15) is 0 Å². The molecule has 0 saturated heterocycles. The minimum absolute atomic E-state index is 0.166. The lowest BCUT2D eigenvalue weighted by Crippen LogP contribution is -2.08. The smallest absolute Gasteiger partial charge is 0.306 e. The SMILES string of the molecule is CCCCCCCCCCCCCCCCCCCCCC(C)C(=O)O. The Bertz CT molecular complexity index is 288. The quantitative estimate of drug-likeness (QED) is 0.206. The van der Waals surface area contributed by atoms with Gasteiger partial charge in [-0.05, 0) is 6.42 Å². The van der Waals surface area contributed by atoms with Gasteiger partial charge in [-0.15, -0.1) is 0 Å². The average Bonchev–Trinajstić information content (AvgIpc) is 2.63. The van der Waals surface area contributed by atoms with Gasteiger partial charge < -0.3 is 5.11 Å². The highest BCUT2D eigenvalue weighted by Gasteiger charge is 2.09. The van der Waals surface area contributed by atoms with Crippen molar-refractivity contribution < 1.29 is 9.90 Å². The van der Waals surface area contributed by atoms with Crippen molar-refractivity contribution in [1.82, 2.24) is 0 Å². The summed E-state index contributed by atoms with van der Waals surface area (Å²) in [5, 5.41) is 8.83. The van der Waals surface area contributed by atoms with Gasteiger partial charge in [0.05, 0.1) is 5.92 Å². The molecule has 156 valence electrons. The third kappa shape index (κ3) is 19.8. The monoisotopic (exact) mass is 368 g/mol. The average molecular weight is 369 g/mol. The van der Waals surface area contributed by atoms with Crippen molar-refractivity contribution in [3.8, 4) is 0 Å². The molecular formula is C24H48O2. The lowest BCUT2D eigenvalue weighted by Gasteiger charge is -2.06. The van der Waals surface area contributed by atoms with Crippen molar-refractivity contribution >= 4 is 5.97 Å². The fourth-order valence-corrected chi connectivity index (χ4v) is 3.65. The minimum Gasteiger partial charge on any atom is -0.481 e. The summed E-state index contributed by atoms with van der Waals surface area (Å²) in [6.45, 7) is 4.10. The Morgan fingerprint density at radius 3 is 1.12 bits per heavy atom. The van der Waals surface area contributed by atoms with Crippen LogP contribution in [0.3, 0.4) is 0 Å². The first-order valence-corrected chi connectivity index (χ1v) is 11.9. The second-order valence-electron chi connectivity index (χ2n) is 8.39. The van der Waals surface area contributed by atoms with Gasteiger partial charge in [-0.25, -0.2) is 0 Å². The normalized spacial score (nSPS) is 12.4. The Morgan fingerprint density at radius 1 is 0.577 bits per heavy atom. The lowest BCUT2D eigenvalue weighted by atomic mass is 10.0. The topological polar surface area (TPSA) is 37.3 Å². The lowest BCUT2D eigenvalue weighted by molar-refractivity contribution is -0.141. The number of carbonyl (C=O) groups is 1. The third-order valence-electron chi connectivity index (χ3n) is 5.66. The Morgan fingerprint density at radius 2 is 0.846 bits per heavy atom. The summed E-state index contributed by atoms with van der Waals surface area (Å²) in [5.74, 6) is -0.812. The van der Waals surface area contributed by atoms with E-state index in [0.29, 0.717) is 0 Å². The van der Waals surface area contributed by atoms with E-state index in [4.69, 9.17) is 5.11 Å². The van der Waals surface area contributed by atoms with E-state index >= 15 is 0 Å². The number of aliphatic carboxylic acids is 1. The van der Waals surface area contributed by atoms with Gasteiger partial charge in [-0.1, -0.05) is 136 Å². The molecule has 0 spiro atoms. The molecule has 0 radical (unpaired) electrons. The van der Waals surface area contributed by atoms with E-state index in [9.17, 15) is 4.79 Å². The number of rotatable bonds is 21. The highest BCUT2D eigenvalue weighted by Crippen LogP contribution is 2.15. The van der Waals surface area contributed by atoms with Crippen LogP contribution in [0.25, 0.3) is 0 Å². The molecule has 0 aromatic heterocycles. The van der Waals surface area contributed by atoms with Crippen molar-refractivity contribution in [2.24, 2.45) is 5.92 Å². The highest BCUT2D eigenvalue weighted by atomic mass is 16.4. The maximum Gasteiger partial charge on any atom is 0.306 e. The Balaban J connectivity index is 3.04. The van der Waals surface area contributed by atoms with Crippen LogP contribution in [0.1, 0.15) is 142 Å². The second kappa shape index (κ2) is 20.8. The molecule has 0 saturated carbocycles. The second-order valence-corrected chi connectivity index (χ2v) is 8.39. The van der Waals surface area contributed by atoms with Gasteiger partial charge in [0.1, 0.15) is 0 Å². The summed E-state index contributed by atoms with van der Waals surface area (Å²) in [6, 6.07) is 0. The molecule has 2 nitrogen and oxygen atoms in total. The van der Waals surface area contributed by atoms with Crippen molar-refractivity contribution in [2.75, 3.05) is 0 Å². The van der Waals surface area contributed by atoms with Crippen LogP contribution >= 0.6 is 0 Å². The van der Waals surface area contributed by atoms with Crippen LogP contribution in [0.15, 0.2) is 0 Å². The van der Waals surface area contributed by atoms with Crippen LogP contribution in [0.4, 0.5) is 0 Å². The first kappa shape index (κ1) is 25.5. The molecule has 0 aliphatic rings. The number of hydrogen-bond acceptors (Lipinski definition) is 1. The van der Waals surface area contributed by atoms with E-state index in [1.54, 1.807) is 0 Å². The summed E-state index contributed by atoms with van der Waals surface area (Å²) in [7, 11) is 0. The molecule has 0 aliphatic carbocycles. The molecule has 0 heterocycles. The minimum atomic E-state index is -0.646. The summed E-state index contributed by atoms with van der Waals surface area (Å²) in [6.07, 6.45) is 27.2. The zero-order valence-corrected chi connectivity index (χ0v) is 18.1. The molecule has 1 unspecified atom stereocenters. The van der Waals surface area contributed by atoms with Crippen molar-refractivity contribution in [1.29, 1.82) is 0 Å². The van der Waals surface area contributed by atoms with E-state index in [1.165, 1.54) is 116 Å². The number of carboxylic acids is 1. The maximum absolute atomic E-state index is 10.7. The molecule has 2 heteroatoms. The molecule has 0 amide bonds. The Labute approximate surface area is 164 Å². The zero-order valence-electron chi connectivity index (χ0n) is 18.1. The first-order valence-electron chi connectivity index (χ1n) is 11.9. The predicted molar refractivity (Wildman–Crippen MR) is 115 cm³/mol. The maximum atomic E-state index is 10.7. The molecule has 0 rings (SSSR count). The zero-order chi connectivity index (χ0) is 19.3. The molecule has 1 N–H and O–H groups in total. The highest BCUT2D eigenvalue weighted by molar-refractivity contribution is 5.69. The molecule has 0 aliphatic heterocycles. The van der Waals surface area contributed by atoms with Gasteiger partial charge >= 0.3 is 5.97 Å². The van der Waals surface area contributed by atoms with Crippen LogP contribution < -0.4 is 0 Å². The van der Waals surface area contributed by atoms with Crippen LogP contribution in [0.5, 0.6) is 0 Å². The molecule has 26 heavy (non-hydrogen) atoms. The van der Waals surface area contributed by atoms with E-state index in [2.05, 4.69) is 6.92 Å². The van der Waals surface area contributed by atoms with Gasteiger partial charge in [0.15, 0.2) is 0 Å². The molecule has 0 aromatic carbocycles. The summed E-state index contributed by atoms with van der Waals surface area (Å²) >= 11 is 0. The van der Waals surface area contributed by atoms with Gasteiger partial charge in [-0.3, -0.25) is 4.79 Å². The number of carboxylic acid groups (broad SMARTS) is 1. The standard InChI is InChI=1S/C24H48O2/c1-3-4-5-6-7-8-9-10-11-12-13-14-15-16-17-18-19-20-21-22-23(2)24(25)26/h23H,3-22H2,1-2H3,(H,25,26). The van der Waals surface area contributed by atoms with Crippen LogP contribution in [-0.4, -0.2) is 11.1 Å². The fourth-order valence-electron chi connectivity index (χ4n) is 3.65. The van der Waals surface area contributed by atoms with Crippen LogP contribution in [0.2, 0.25) is 0 Å². The molecule has 0 bridgehead atoms. The summed E-state index contributed by atoms with van der Waals surface area (Å²) in [4.78, 5) is 10.7. The molecule has 1 atom stereocenters. The Kier molecular flexibility index (Phi) is 20.4. The van der Waals surface area contributed by atoms with Crippen molar-refractivity contribution in [3.05, 3.63) is 0 Å². The number of hydrogen-bond donors (Lipinski definition) is 1. The van der Waals surface area contributed by atoms with Crippen LogP contribution in [-0.2, 0) is 4.79 Å². The summed E-state index contributed by atoms with van der Waals surface area (Å²) in [5.41, 5.74) is 0. The van der Waals surface area contributed by atoms with Crippen molar-refractivity contribution in [2.45, 2.75) is 142 Å². The third-order valence-corrected chi connectivity index (χ3v) is 5.66. The van der Waals surface area contributed by atoms with E-state index in [0.717, 1.165) is 12.8 Å². The van der Waals surface area contributed by atoms with E-state index < -0.39 is 5.97 Å². The van der Waals surface area contributed by atoms with Crippen molar-refractivity contribution in [3.63, 3.8) is 0 Å². The first-order chi connectivity index (χ1) is 12.7. The largest absolute Gasteiger partial charge is 0.481 e. The van der Waals surface area contributed by atoms with Gasteiger partial charge in [0.2, 0.25) is 0 Å². The molecule has 0 fully saturated rings. The molecule has 0 aromatic rings. The van der Waals surface area contributed by atoms with Gasteiger partial charge in [0.25, 0.3) is 0 Å².